The molecule has 9 nitrogen and oxygen atoms in total. The van der Waals surface area contributed by atoms with Crippen LogP contribution in [-0.4, -0.2) is 55.1 Å². The number of aliphatic hydroxyl groups is 1. The molecule has 0 saturated heterocycles. The standard InChI is InChI=1S/C21H24FN7O2.ClH/c1-12(2)28-16-6-18(29-19-14(9-27-29)5-13(7-23)8-25-19)24-10-15(16)20(30)26-11-17(22)21(3,4)31;/h5-6,8-10,12,17,31H,11H2,1-4H3,(H,24,28)(H,26,30);1H. The van der Waals surface area contributed by atoms with Gasteiger partial charge in [0.1, 0.15) is 12.2 Å². The minimum atomic E-state index is -1.62. The van der Waals surface area contributed by atoms with Gasteiger partial charge < -0.3 is 15.7 Å². The van der Waals surface area contributed by atoms with Crippen molar-refractivity contribution in [3.63, 3.8) is 0 Å². The summed E-state index contributed by atoms with van der Waals surface area (Å²) in [6, 6.07) is 5.38. The molecule has 3 aromatic rings. The average molecular weight is 462 g/mol. The van der Waals surface area contributed by atoms with Gasteiger partial charge >= 0.3 is 0 Å². The number of alkyl halides is 1. The van der Waals surface area contributed by atoms with Gasteiger partial charge in [0, 0.05) is 29.9 Å². The van der Waals surface area contributed by atoms with E-state index in [0.717, 1.165) is 0 Å². The number of nitriles is 1. The molecule has 0 bridgehead atoms. The molecule has 0 fully saturated rings. The molecule has 3 rings (SSSR count). The number of aromatic nitrogens is 4. The zero-order valence-electron chi connectivity index (χ0n) is 18.1. The monoisotopic (exact) mass is 461 g/mol. The fourth-order valence-corrected chi connectivity index (χ4v) is 2.85. The molecule has 0 radical (unpaired) electrons. The average Bonchev–Trinajstić information content (AvgIpc) is 3.13. The molecule has 1 atom stereocenters. The second kappa shape index (κ2) is 9.89. The van der Waals surface area contributed by atoms with Gasteiger partial charge in [-0.3, -0.25) is 4.79 Å². The summed E-state index contributed by atoms with van der Waals surface area (Å²) >= 11 is 0. The van der Waals surface area contributed by atoms with Gasteiger partial charge in [-0.2, -0.15) is 15.0 Å². The van der Waals surface area contributed by atoms with Gasteiger partial charge in [0.2, 0.25) is 0 Å². The zero-order valence-corrected chi connectivity index (χ0v) is 18.9. The van der Waals surface area contributed by atoms with Crippen LogP contribution < -0.4 is 10.6 Å². The van der Waals surface area contributed by atoms with E-state index in [1.54, 1.807) is 18.3 Å². The number of pyridine rings is 2. The fourth-order valence-electron chi connectivity index (χ4n) is 2.85. The van der Waals surface area contributed by atoms with Crippen molar-refractivity contribution >= 4 is 35.0 Å². The molecule has 0 aromatic carbocycles. The third-order valence-electron chi connectivity index (χ3n) is 4.54. The highest BCUT2D eigenvalue weighted by atomic mass is 35.5. The van der Waals surface area contributed by atoms with Gasteiger partial charge in [0.25, 0.3) is 5.91 Å². The summed E-state index contributed by atoms with van der Waals surface area (Å²) in [7, 11) is 0. The van der Waals surface area contributed by atoms with Gasteiger partial charge in [-0.05, 0) is 33.8 Å². The Balaban J connectivity index is 0.00000363. The topological polar surface area (TPSA) is 129 Å². The van der Waals surface area contributed by atoms with Crippen molar-refractivity contribution in [3.8, 4) is 11.9 Å². The van der Waals surface area contributed by atoms with Crippen molar-refractivity contribution in [2.24, 2.45) is 0 Å². The van der Waals surface area contributed by atoms with Crippen molar-refractivity contribution in [1.29, 1.82) is 5.26 Å². The van der Waals surface area contributed by atoms with Gasteiger partial charge in [0.15, 0.2) is 11.5 Å². The summed E-state index contributed by atoms with van der Waals surface area (Å²) in [6.45, 7) is 6.19. The molecule has 0 aliphatic heterocycles. The van der Waals surface area contributed by atoms with Crippen LogP contribution in [0.2, 0.25) is 0 Å². The lowest BCUT2D eigenvalue weighted by molar-refractivity contribution is -0.00177. The Morgan fingerprint density at radius 1 is 1.28 bits per heavy atom. The minimum Gasteiger partial charge on any atom is -0.387 e. The van der Waals surface area contributed by atoms with E-state index in [2.05, 4.69) is 25.7 Å². The largest absolute Gasteiger partial charge is 0.387 e. The molecule has 1 unspecified atom stereocenters. The van der Waals surface area contributed by atoms with E-state index in [-0.39, 0.29) is 30.6 Å². The molecule has 3 aromatic heterocycles. The second-order valence-corrected chi connectivity index (χ2v) is 8.02. The molecule has 0 aliphatic carbocycles. The highest BCUT2D eigenvalue weighted by molar-refractivity contribution is 5.99. The molecule has 3 heterocycles. The van der Waals surface area contributed by atoms with Gasteiger partial charge in [0.05, 0.1) is 35.2 Å². The normalized spacial score (nSPS) is 12.2. The van der Waals surface area contributed by atoms with E-state index in [9.17, 15) is 14.3 Å². The number of carbonyl (C=O) groups is 1. The van der Waals surface area contributed by atoms with E-state index >= 15 is 0 Å². The second-order valence-electron chi connectivity index (χ2n) is 8.02. The lowest BCUT2D eigenvalue weighted by Gasteiger charge is -2.23. The first kappa shape index (κ1) is 25.0. The van der Waals surface area contributed by atoms with Crippen LogP contribution in [0.25, 0.3) is 16.9 Å². The molecule has 11 heteroatoms. The fraction of sp³-hybridized carbons (Fsp3) is 0.381. The first-order chi connectivity index (χ1) is 14.6. The SMILES string of the molecule is CC(C)Nc1cc(-n2ncc3cc(C#N)cnc32)ncc1C(=O)NCC(F)C(C)(C)O.Cl. The van der Waals surface area contributed by atoms with Crippen LogP contribution in [-0.2, 0) is 0 Å². The Bertz CT molecular complexity index is 1150. The van der Waals surface area contributed by atoms with Gasteiger partial charge in [-0.15, -0.1) is 12.4 Å². The van der Waals surface area contributed by atoms with Crippen LogP contribution in [0.15, 0.2) is 30.7 Å². The highest BCUT2D eigenvalue weighted by Gasteiger charge is 2.27. The number of nitrogens with one attached hydrogen (secondary N) is 2. The first-order valence-corrected chi connectivity index (χ1v) is 9.75. The van der Waals surface area contributed by atoms with E-state index in [1.165, 1.54) is 30.9 Å². The molecule has 1 amide bonds. The molecular formula is C21H25ClFN7O2. The van der Waals surface area contributed by atoms with E-state index in [0.29, 0.717) is 28.1 Å². The Kier molecular flexibility index (Phi) is 7.72. The van der Waals surface area contributed by atoms with Crippen LogP contribution in [0.4, 0.5) is 10.1 Å². The summed E-state index contributed by atoms with van der Waals surface area (Å²) in [4.78, 5) is 21.3. The van der Waals surface area contributed by atoms with Crippen molar-refractivity contribution in [1.82, 2.24) is 25.1 Å². The van der Waals surface area contributed by atoms with Crippen molar-refractivity contribution < 1.29 is 14.3 Å². The molecule has 0 spiro atoms. The number of rotatable bonds is 7. The maximum absolute atomic E-state index is 14.0. The Labute approximate surface area is 191 Å². The molecule has 3 N–H and O–H groups in total. The van der Waals surface area contributed by atoms with Crippen LogP contribution in [0.3, 0.4) is 0 Å². The highest BCUT2D eigenvalue weighted by Crippen LogP contribution is 2.22. The Morgan fingerprint density at radius 3 is 2.62 bits per heavy atom. The van der Waals surface area contributed by atoms with Gasteiger partial charge in [-0.25, -0.2) is 14.4 Å². The van der Waals surface area contributed by atoms with Gasteiger partial charge in [-0.1, -0.05) is 0 Å². The van der Waals surface area contributed by atoms with Crippen molar-refractivity contribution in [2.75, 3.05) is 11.9 Å². The summed E-state index contributed by atoms with van der Waals surface area (Å²) < 4.78 is 15.5. The number of carbonyl (C=O) groups excluding carboxylic acids is 1. The molecule has 0 saturated carbocycles. The number of anilines is 1. The van der Waals surface area contributed by atoms with E-state index < -0.39 is 17.7 Å². The predicted molar refractivity (Wildman–Crippen MR) is 121 cm³/mol. The molecule has 32 heavy (non-hydrogen) atoms. The maximum Gasteiger partial charge on any atom is 0.255 e. The van der Waals surface area contributed by atoms with Crippen molar-refractivity contribution in [3.05, 3.63) is 41.9 Å². The van der Waals surface area contributed by atoms with Crippen LogP contribution in [0.1, 0.15) is 43.6 Å². The molecule has 0 aliphatic rings. The lowest BCUT2D eigenvalue weighted by atomic mass is 10.0. The summed E-state index contributed by atoms with van der Waals surface area (Å²) in [6.07, 6.45) is 2.79. The third kappa shape index (κ3) is 5.49. The molecule has 170 valence electrons. The lowest BCUT2D eigenvalue weighted by Crippen LogP contribution is -2.42. The van der Waals surface area contributed by atoms with Crippen LogP contribution >= 0.6 is 12.4 Å². The van der Waals surface area contributed by atoms with Crippen LogP contribution in [0, 0.1) is 11.3 Å². The number of fused-ring (bicyclic) bond motifs is 1. The summed E-state index contributed by atoms with van der Waals surface area (Å²) in [5.41, 5.74) is 0.106. The quantitative estimate of drug-likeness (QED) is 0.493. The Morgan fingerprint density at radius 2 is 2.00 bits per heavy atom. The third-order valence-corrected chi connectivity index (χ3v) is 4.54. The minimum absolute atomic E-state index is 0. The number of hydrogen-bond acceptors (Lipinski definition) is 7. The number of nitrogens with zero attached hydrogens (tertiary/aromatic N) is 5. The smallest absolute Gasteiger partial charge is 0.255 e. The zero-order chi connectivity index (χ0) is 22.8. The predicted octanol–water partition coefficient (Wildman–Crippen LogP) is 2.77. The molecular weight excluding hydrogens is 437 g/mol. The summed E-state index contributed by atoms with van der Waals surface area (Å²) in [5, 5.41) is 29.4. The Hall–Kier alpha value is -3.29. The number of hydrogen-bond donors (Lipinski definition) is 3. The maximum atomic E-state index is 14.0. The van der Waals surface area contributed by atoms with Crippen molar-refractivity contribution in [2.45, 2.75) is 45.5 Å². The number of amides is 1. The van der Waals surface area contributed by atoms with E-state index in [4.69, 9.17) is 5.26 Å². The first-order valence-electron chi connectivity index (χ1n) is 9.75. The van der Waals surface area contributed by atoms with Crippen LogP contribution in [0.5, 0.6) is 0 Å². The number of halogens is 2. The summed E-state index contributed by atoms with van der Waals surface area (Å²) in [5.74, 6) is -0.0945. The van der Waals surface area contributed by atoms with E-state index in [1.807, 2.05) is 19.9 Å².